The Morgan fingerprint density at radius 3 is 2.64 bits per heavy atom. The first-order valence-corrected chi connectivity index (χ1v) is 3.90. The van der Waals surface area contributed by atoms with Gasteiger partial charge in [0.25, 0.3) is 0 Å². The number of rotatable bonds is 1. The molecule has 0 saturated carbocycles. The second kappa shape index (κ2) is 3.01. The molecule has 58 valence electrons. The van der Waals surface area contributed by atoms with Crippen LogP contribution in [-0.4, -0.2) is 15.0 Å². The van der Waals surface area contributed by atoms with E-state index in [1.807, 2.05) is 0 Å². The van der Waals surface area contributed by atoms with E-state index in [0.29, 0.717) is 10.3 Å². The van der Waals surface area contributed by atoms with E-state index in [1.54, 1.807) is 14.0 Å². The number of halogens is 1. The van der Waals surface area contributed by atoms with Crippen LogP contribution < -0.4 is 0 Å². The summed E-state index contributed by atoms with van der Waals surface area (Å²) in [7, 11) is 1.72. The molecule has 0 fully saturated rings. The average Bonchev–Trinajstić information content (AvgIpc) is 2.28. The summed E-state index contributed by atoms with van der Waals surface area (Å²) in [5.41, 5.74) is 0.690. The van der Waals surface area contributed by atoms with Gasteiger partial charge in [-0.1, -0.05) is 0 Å². The number of hydrogen-bond acceptors (Lipinski definition) is 3. The zero-order chi connectivity index (χ0) is 8.43. The van der Waals surface area contributed by atoms with Crippen molar-refractivity contribution < 1.29 is 0 Å². The molecule has 0 aliphatic carbocycles. The van der Waals surface area contributed by atoms with Crippen molar-refractivity contribution in [3.05, 3.63) is 10.3 Å². The van der Waals surface area contributed by atoms with Gasteiger partial charge < -0.3 is 0 Å². The number of aromatic nitrogens is 3. The maximum absolute atomic E-state index is 8.57. The molecule has 0 radical (unpaired) electrons. The second-order valence-corrected chi connectivity index (χ2v) is 2.97. The Morgan fingerprint density at radius 1 is 1.64 bits per heavy atom. The Morgan fingerprint density at radius 2 is 2.27 bits per heavy atom. The van der Waals surface area contributed by atoms with Crippen molar-refractivity contribution in [1.29, 1.82) is 5.26 Å². The van der Waals surface area contributed by atoms with Gasteiger partial charge in [0.15, 0.2) is 4.60 Å². The van der Waals surface area contributed by atoms with Crippen LogP contribution in [-0.2, 0) is 7.05 Å². The highest BCUT2D eigenvalue weighted by atomic mass is 79.9. The molecule has 1 aromatic heterocycles. The fourth-order valence-electron chi connectivity index (χ4n) is 0.724. The molecule has 5 heteroatoms. The molecule has 1 heterocycles. The molecule has 1 aromatic rings. The summed E-state index contributed by atoms with van der Waals surface area (Å²) in [6.07, 6.45) is 0. The Kier molecular flexibility index (Phi) is 2.25. The Balaban J connectivity index is 3.05. The van der Waals surface area contributed by atoms with E-state index in [-0.39, 0.29) is 5.92 Å². The molecular weight excluding hydrogens is 208 g/mol. The van der Waals surface area contributed by atoms with Crippen molar-refractivity contribution in [2.75, 3.05) is 0 Å². The largest absolute Gasteiger partial charge is 0.198 e. The Labute approximate surface area is 72.9 Å². The maximum Gasteiger partial charge on any atom is 0.152 e. The Hall–Kier alpha value is -0.890. The third-order valence-electron chi connectivity index (χ3n) is 1.30. The lowest BCUT2D eigenvalue weighted by atomic mass is 10.1. The van der Waals surface area contributed by atoms with Crippen LogP contribution in [0.5, 0.6) is 0 Å². The molecule has 1 unspecified atom stereocenters. The topological polar surface area (TPSA) is 54.5 Å². The van der Waals surface area contributed by atoms with Gasteiger partial charge in [-0.25, -0.2) is 0 Å². The van der Waals surface area contributed by atoms with Crippen LogP contribution in [0.4, 0.5) is 0 Å². The van der Waals surface area contributed by atoms with Gasteiger partial charge >= 0.3 is 0 Å². The fourth-order valence-corrected chi connectivity index (χ4v) is 1.38. The maximum atomic E-state index is 8.57. The summed E-state index contributed by atoms with van der Waals surface area (Å²) in [5.74, 6) is -0.210. The normalized spacial score (nSPS) is 12.5. The van der Waals surface area contributed by atoms with Gasteiger partial charge in [-0.05, 0) is 22.9 Å². The lowest BCUT2D eigenvalue weighted by Gasteiger charge is -1.93. The SMILES string of the molecule is CC(C#N)c1nn(C)nc1Br. The van der Waals surface area contributed by atoms with Gasteiger partial charge in [-0.2, -0.15) is 15.2 Å². The molecule has 0 bridgehead atoms. The minimum atomic E-state index is -0.210. The Bertz CT molecular complexity index is 298. The molecule has 0 amide bonds. The van der Waals surface area contributed by atoms with Crippen molar-refractivity contribution in [3.8, 4) is 6.07 Å². The van der Waals surface area contributed by atoms with Gasteiger partial charge in [0.1, 0.15) is 5.69 Å². The van der Waals surface area contributed by atoms with Crippen LogP contribution in [0.3, 0.4) is 0 Å². The van der Waals surface area contributed by atoms with Gasteiger partial charge in [0.2, 0.25) is 0 Å². The van der Waals surface area contributed by atoms with Crippen molar-refractivity contribution in [2.24, 2.45) is 7.05 Å². The van der Waals surface area contributed by atoms with Crippen LogP contribution >= 0.6 is 15.9 Å². The quantitative estimate of drug-likeness (QED) is 0.707. The third-order valence-corrected chi connectivity index (χ3v) is 1.86. The summed E-state index contributed by atoms with van der Waals surface area (Å²) >= 11 is 3.21. The summed E-state index contributed by atoms with van der Waals surface area (Å²) in [6, 6.07) is 2.09. The smallest absolute Gasteiger partial charge is 0.152 e. The van der Waals surface area contributed by atoms with E-state index in [1.165, 1.54) is 4.80 Å². The van der Waals surface area contributed by atoms with Crippen LogP contribution in [0.15, 0.2) is 4.60 Å². The average molecular weight is 215 g/mol. The molecule has 1 atom stereocenters. The first kappa shape index (κ1) is 8.21. The van der Waals surface area contributed by atoms with E-state index in [0.717, 1.165) is 0 Å². The van der Waals surface area contributed by atoms with E-state index in [2.05, 4.69) is 32.2 Å². The summed E-state index contributed by atoms with van der Waals surface area (Å²) in [6.45, 7) is 1.79. The third kappa shape index (κ3) is 1.57. The highest BCUT2D eigenvalue weighted by Crippen LogP contribution is 2.19. The minimum absolute atomic E-state index is 0.210. The zero-order valence-electron chi connectivity index (χ0n) is 6.24. The second-order valence-electron chi connectivity index (χ2n) is 2.22. The summed E-state index contributed by atoms with van der Waals surface area (Å²) in [5, 5.41) is 16.5. The molecule has 0 N–H and O–H groups in total. The summed E-state index contributed by atoms with van der Waals surface area (Å²) in [4.78, 5) is 1.44. The molecule has 0 aliphatic rings. The number of nitrogens with zero attached hydrogens (tertiary/aromatic N) is 4. The highest BCUT2D eigenvalue weighted by molar-refractivity contribution is 9.10. The molecule has 11 heavy (non-hydrogen) atoms. The summed E-state index contributed by atoms with van der Waals surface area (Å²) < 4.78 is 0.647. The monoisotopic (exact) mass is 214 g/mol. The first-order valence-electron chi connectivity index (χ1n) is 3.11. The van der Waals surface area contributed by atoms with E-state index in [4.69, 9.17) is 5.26 Å². The van der Waals surface area contributed by atoms with Crippen molar-refractivity contribution >= 4 is 15.9 Å². The highest BCUT2D eigenvalue weighted by Gasteiger charge is 2.13. The van der Waals surface area contributed by atoms with Gasteiger partial charge in [-0.3, -0.25) is 0 Å². The van der Waals surface area contributed by atoms with Crippen molar-refractivity contribution in [2.45, 2.75) is 12.8 Å². The standard InChI is InChI=1S/C6H7BrN4/c1-4(3-8)5-6(7)10-11(2)9-5/h4H,1-2H3. The minimum Gasteiger partial charge on any atom is -0.198 e. The zero-order valence-corrected chi connectivity index (χ0v) is 7.83. The van der Waals surface area contributed by atoms with Crippen LogP contribution in [0.1, 0.15) is 18.5 Å². The fraction of sp³-hybridized carbons (Fsp3) is 0.500. The lowest BCUT2D eigenvalue weighted by molar-refractivity contribution is 0.640. The van der Waals surface area contributed by atoms with Crippen molar-refractivity contribution in [1.82, 2.24) is 15.0 Å². The van der Waals surface area contributed by atoms with Crippen molar-refractivity contribution in [3.63, 3.8) is 0 Å². The van der Waals surface area contributed by atoms with Gasteiger partial charge in [0, 0.05) is 7.05 Å². The molecule has 4 nitrogen and oxygen atoms in total. The van der Waals surface area contributed by atoms with Crippen LogP contribution in [0.25, 0.3) is 0 Å². The molecule has 0 aliphatic heterocycles. The van der Waals surface area contributed by atoms with E-state index >= 15 is 0 Å². The van der Waals surface area contributed by atoms with Gasteiger partial charge in [0.05, 0.1) is 12.0 Å². The van der Waals surface area contributed by atoms with E-state index in [9.17, 15) is 0 Å². The number of aryl methyl sites for hydroxylation is 1. The number of hydrogen-bond donors (Lipinski definition) is 0. The lowest BCUT2D eigenvalue weighted by Crippen LogP contribution is -1.95. The van der Waals surface area contributed by atoms with Gasteiger partial charge in [-0.15, -0.1) is 5.10 Å². The molecular formula is C6H7BrN4. The van der Waals surface area contributed by atoms with E-state index < -0.39 is 0 Å². The number of nitriles is 1. The predicted octanol–water partition coefficient (Wildman–Crippen LogP) is 1.20. The molecule has 1 rings (SSSR count). The van der Waals surface area contributed by atoms with Crippen LogP contribution in [0, 0.1) is 11.3 Å². The molecule has 0 spiro atoms. The van der Waals surface area contributed by atoms with Crippen LogP contribution in [0.2, 0.25) is 0 Å². The molecule has 0 aromatic carbocycles. The first-order chi connectivity index (χ1) is 5.15. The predicted molar refractivity (Wildman–Crippen MR) is 42.7 cm³/mol. The molecule has 0 saturated heterocycles.